The van der Waals surface area contributed by atoms with Crippen LogP contribution in [0.5, 0.6) is 0 Å². The van der Waals surface area contributed by atoms with Gasteiger partial charge in [-0.15, -0.1) is 11.3 Å². The van der Waals surface area contributed by atoms with Gasteiger partial charge in [-0.3, -0.25) is 0 Å². The van der Waals surface area contributed by atoms with E-state index in [1.807, 2.05) is 0 Å². The molecule has 1 unspecified atom stereocenters. The summed E-state index contributed by atoms with van der Waals surface area (Å²) in [6.45, 7) is 0.232. The largest absolute Gasteiger partial charge is 0.464 e. The van der Waals surface area contributed by atoms with Gasteiger partial charge in [-0.05, 0) is 18.8 Å². The first-order chi connectivity index (χ1) is 10.5. The molecule has 0 spiro atoms. The van der Waals surface area contributed by atoms with E-state index in [1.165, 1.54) is 19.0 Å². The first-order valence-electron chi connectivity index (χ1n) is 7.23. The number of nitrogens with two attached hydrogens (primary N) is 1. The minimum absolute atomic E-state index is 0.117. The molecular formula is C13H21N3O4S2. The summed E-state index contributed by atoms with van der Waals surface area (Å²) in [5.74, 6) is -0.522. The maximum Gasteiger partial charge on any atom is 0.358 e. The summed E-state index contributed by atoms with van der Waals surface area (Å²) >= 11 is 0.896. The van der Waals surface area contributed by atoms with E-state index < -0.39 is 16.0 Å². The molecule has 0 aromatic carbocycles. The molecule has 1 atom stereocenters. The summed E-state index contributed by atoms with van der Waals surface area (Å²) in [5, 5.41) is 0. The molecular weight excluding hydrogens is 326 g/mol. The summed E-state index contributed by atoms with van der Waals surface area (Å²) in [6.07, 6.45) is 5.31. The third-order valence-electron chi connectivity index (χ3n) is 3.94. The molecule has 0 radical (unpaired) electrons. The number of carbonyl (C=O) groups excluding carboxylic acids is 1. The smallest absolute Gasteiger partial charge is 0.358 e. The van der Waals surface area contributed by atoms with Crippen LogP contribution in [0.25, 0.3) is 0 Å². The number of hydrogen-bond donors (Lipinski definition) is 2. The fraction of sp³-hybridized carbons (Fsp3) is 0.692. The highest BCUT2D eigenvalue weighted by atomic mass is 32.2. The summed E-state index contributed by atoms with van der Waals surface area (Å²) in [6, 6.07) is -0.321. The third kappa shape index (κ3) is 3.83. The molecule has 1 aromatic rings. The van der Waals surface area contributed by atoms with Gasteiger partial charge in [0, 0.05) is 12.6 Å². The molecule has 9 heteroatoms. The van der Waals surface area contributed by atoms with Crippen molar-refractivity contribution in [3.8, 4) is 0 Å². The highest BCUT2D eigenvalue weighted by Crippen LogP contribution is 2.28. The Morgan fingerprint density at radius 1 is 1.50 bits per heavy atom. The molecule has 124 valence electrons. The maximum absolute atomic E-state index is 12.5. The molecule has 1 aliphatic carbocycles. The van der Waals surface area contributed by atoms with Gasteiger partial charge in [0.1, 0.15) is 0 Å². The Hall–Kier alpha value is -1.03. The van der Waals surface area contributed by atoms with Crippen molar-refractivity contribution >= 4 is 27.3 Å². The fourth-order valence-electron chi connectivity index (χ4n) is 2.78. The van der Waals surface area contributed by atoms with Crippen molar-refractivity contribution in [3.63, 3.8) is 0 Å². The average Bonchev–Trinajstić information content (AvgIpc) is 3.03. The lowest BCUT2D eigenvalue weighted by atomic mass is 9.84. The number of rotatable bonds is 6. The highest BCUT2D eigenvalue weighted by molar-refractivity contribution is 7.91. The minimum atomic E-state index is -3.84. The maximum atomic E-state index is 12.5. The van der Waals surface area contributed by atoms with Gasteiger partial charge >= 0.3 is 5.97 Å². The van der Waals surface area contributed by atoms with Gasteiger partial charge in [0.15, 0.2) is 9.90 Å². The molecule has 1 fully saturated rings. The molecule has 3 N–H and O–H groups in total. The van der Waals surface area contributed by atoms with Crippen LogP contribution < -0.4 is 10.5 Å². The van der Waals surface area contributed by atoms with E-state index in [0.717, 1.165) is 37.0 Å². The molecule has 0 aliphatic heterocycles. The number of nitrogens with one attached hydrogen (secondary N) is 1. The van der Waals surface area contributed by atoms with Crippen LogP contribution in [-0.4, -0.2) is 39.1 Å². The molecule has 2 rings (SSSR count). The Morgan fingerprint density at radius 2 is 2.18 bits per heavy atom. The summed E-state index contributed by atoms with van der Waals surface area (Å²) in [5.41, 5.74) is 6.89. The molecule has 0 saturated heterocycles. The van der Waals surface area contributed by atoms with Crippen LogP contribution in [0.15, 0.2) is 9.72 Å². The van der Waals surface area contributed by atoms with Gasteiger partial charge < -0.3 is 10.5 Å². The average molecular weight is 347 g/mol. The van der Waals surface area contributed by atoms with Crippen molar-refractivity contribution in [2.24, 2.45) is 11.7 Å². The highest BCUT2D eigenvalue weighted by Gasteiger charge is 2.31. The third-order valence-corrected chi connectivity index (χ3v) is 6.80. The van der Waals surface area contributed by atoms with Crippen molar-refractivity contribution in [1.29, 1.82) is 0 Å². The fourth-order valence-corrected chi connectivity index (χ4v) is 5.25. The summed E-state index contributed by atoms with van der Waals surface area (Å²) in [4.78, 5) is 15.4. The topological polar surface area (TPSA) is 111 Å². The minimum Gasteiger partial charge on any atom is -0.464 e. The Balaban J connectivity index is 2.19. The van der Waals surface area contributed by atoms with Crippen molar-refractivity contribution in [1.82, 2.24) is 9.71 Å². The molecule has 1 heterocycles. The van der Waals surface area contributed by atoms with Crippen LogP contribution >= 0.6 is 11.3 Å². The lowest BCUT2D eigenvalue weighted by Crippen LogP contribution is -2.45. The lowest BCUT2D eigenvalue weighted by molar-refractivity contribution is 0.0590. The second-order valence-corrected chi connectivity index (χ2v) is 8.11. The summed E-state index contributed by atoms with van der Waals surface area (Å²) in [7, 11) is -2.65. The number of carbonyl (C=O) groups is 1. The van der Waals surface area contributed by atoms with E-state index >= 15 is 0 Å². The molecule has 1 saturated carbocycles. The molecule has 22 heavy (non-hydrogen) atoms. The predicted molar refractivity (Wildman–Crippen MR) is 83.2 cm³/mol. The van der Waals surface area contributed by atoms with Gasteiger partial charge in [-0.1, -0.05) is 19.3 Å². The number of aromatic nitrogens is 1. The molecule has 1 aromatic heterocycles. The second-order valence-electron chi connectivity index (χ2n) is 5.34. The second kappa shape index (κ2) is 7.49. The van der Waals surface area contributed by atoms with Crippen molar-refractivity contribution in [2.45, 2.75) is 42.4 Å². The lowest BCUT2D eigenvalue weighted by Gasteiger charge is -2.29. The molecule has 0 bridgehead atoms. The van der Waals surface area contributed by atoms with Crippen LogP contribution in [0.1, 0.15) is 42.6 Å². The Labute approximate surface area is 134 Å². The van der Waals surface area contributed by atoms with Gasteiger partial charge in [0.05, 0.1) is 12.6 Å². The summed E-state index contributed by atoms with van der Waals surface area (Å²) < 4.78 is 32.2. The van der Waals surface area contributed by atoms with Gasteiger partial charge in [0.25, 0.3) is 10.0 Å². The van der Waals surface area contributed by atoms with Gasteiger partial charge in [-0.2, -0.15) is 0 Å². The normalized spacial score (nSPS) is 18.1. The van der Waals surface area contributed by atoms with Crippen LogP contribution in [-0.2, 0) is 14.8 Å². The molecule has 7 nitrogen and oxygen atoms in total. The number of sulfonamides is 1. The van der Waals surface area contributed by atoms with E-state index in [9.17, 15) is 13.2 Å². The number of hydrogen-bond acceptors (Lipinski definition) is 7. The van der Waals surface area contributed by atoms with Crippen molar-refractivity contribution in [3.05, 3.63) is 11.2 Å². The number of esters is 1. The quantitative estimate of drug-likeness (QED) is 0.746. The zero-order chi connectivity index (χ0) is 16.2. The number of thiazole rings is 1. The van der Waals surface area contributed by atoms with Crippen LogP contribution in [0, 0.1) is 5.92 Å². The van der Waals surface area contributed by atoms with E-state index in [4.69, 9.17) is 5.73 Å². The van der Waals surface area contributed by atoms with Crippen LogP contribution in [0.3, 0.4) is 0 Å². The Morgan fingerprint density at radius 3 is 2.77 bits per heavy atom. The number of nitrogens with zero attached hydrogens (tertiary/aromatic N) is 1. The standard InChI is InChI=1S/C13H21N3O4S2/c1-20-12(17)11-13(21-8-15-11)22(18,19)16-10(7-14)9-5-3-2-4-6-9/h8-10,16H,2-7,14H2,1H3. The SMILES string of the molecule is COC(=O)c1ncsc1S(=O)(=O)NC(CN)C1CCCCC1. The zero-order valence-electron chi connectivity index (χ0n) is 12.4. The Kier molecular flexibility index (Phi) is 5.90. The van der Waals surface area contributed by atoms with E-state index in [-0.39, 0.29) is 28.4 Å². The van der Waals surface area contributed by atoms with E-state index in [1.54, 1.807) is 0 Å². The predicted octanol–water partition coefficient (Wildman–Crippen LogP) is 1.12. The first-order valence-corrected chi connectivity index (χ1v) is 9.60. The van der Waals surface area contributed by atoms with Gasteiger partial charge in [-0.25, -0.2) is 22.9 Å². The van der Waals surface area contributed by atoms with Crippen molar-refractivity contribution < 1.29 is 17.9 Å². The number of methoxy groups -OCH3 is 1. The van der Waals surface area contributed by atoms with Crippen LogP contribution in [0.2, 0.25) is 0 Å². The Bertz CT molecular complexity index is 609. The number of ether oxygens (including phenoxy) is 1. The monoisotopic (exact) mass is 347 g/mol. The molecule has 0 amide bonds. The van der Waals surface area contributed by atoms with E-state index in [0.29, 0.717) is 0 Å². The first kappa shape index (κ1) is 17.3. The van der Waals surface area contributed by atoms with E-state index in [2.05, 4.69) is 14.4 Å². The van der Waals surface area contributed by atoms with Crippen molar-refractivity contribution in [2.75, 3.05) is 13.7 Å². The van der Waals surface area contributed by atoms with Crippen LogP contribution in [0.4, 0.5) is 0 Å². The van der Waals surface area contributed by atoms with Gasteiger partial charge in [0.2, 0.25) is 0 Å². The zero-order valence-corrected chi connectivity index (χ0v) is 14.1. The molecule has 1 aliphatic rings.